The summed E-state index contributed by atoms with van der Waals surface area (Å²) >= 11 is 0. The van der Waals surface area contributed by atoms with Crippen molar-refractivity contribution in [3.8, 4) is 0 Å². The third-order valence-corrected chi connectivity index (χ3v) is 0.867. The Labute approximate surface area is 57.4 Å². The highest BCUT2D eigenvalue weighted by molar-refractivity contribution is 5.73. The number of hydrogen-bond acceptors (Lipinski definition) is 4. The summed E-state index contributed by atoms with van der Waals surface area (Å²) in [7, 11) is 3.21. The topological polar surface area (TPSA) is 63.9 Å². The first-order chi connectivity index (χ1) is 4.72. The van der Waals surface area contributed by atoms with Crippen LogP contribution in [0.15, 0.2) is 0 Å². The molecule has 0 unspecified atom stereocenters. The Bertz CT molecular complexity index is 216. The maximum Gasteiger partial charge on any atom is 0.362 e. The summed E-state index contributed by atoms with van der Waals surface area (Å²) in [5.74, 6) is 0. The number of nitrogens with zero attached hydrogens (tertiary/aromatic N) is 5. The predicted molar refractivity (Wildman–Crippen MR) is 31.1 cm³/mol. The van der Waals surface area contributed by atoms with E-state index in [2.05, 4.69) is 21.7 Å². The van der Waals surface area contributed by atoms with Crippen LogP contribution in [-0.4, -0.2) is 45.2 Å². The van der Waals surface area contributed by atoms with Gasteiger partial charge >= 0.3 is 6.03 Å². The van der Waals surface area contributed by atoms with Crippen LogP contribution in [0, 0.1) is 6.33 Å². The number of amides is 1. The highest BCUT2D eigenvalue weighted by Gasteiger charge is 2.07. The van der Waals surface area contributed by atoms with Gasteiger partial charge in [0.1, 0.15) is 0 Å². The van der Waals surface area contributed by atoms with Crippen molar-refractivity contribution in [3.05, 3.63) is 6.33 Å². The van der Waals surface area contributed by atoms with Crippen molar-refractivity contribution in [3.63, 3.8) is 0 Å². The first kappa shape index (κ1) is 6.66. The molecule has 0 saturated carbocycles. The zero-order chi connectivity index (χ0) is 7.56. The van der Waals surface area contributed by atoms with Gasteiger partial charge in [-0.2, -0.15) is 0 Å². The SMILES string of the molecule is CN(C)C(=O)n1n[c]nn1. The summed E-state index contributed by atoms with van der Waals surface area (Å²) < 4.78 is 0. The third-order valence-electron chi connectivity index (χ3n) is 0.867. The zero-order valence-electron chi connectivity index (χ0n) is 5.64. The van der Waals surface area contributed by atoms with Gasteiger partial charge in [-0.05, 0) is 5.21 Å². The Hall–Kier alpha value is -1.46. The minimum atomic E-state index is -0.339. The Morgan fingerprint density at radius 2 is 2.30 bits per heavy atom. The second-order valence-corrected chi connectivity index (χ2v) is 1.86. The van der Waals surface area contributed by atoms with E-state index >= 15 is 0 Å². The highest BCUT2D eigenvalue weighted by Crippen LogP contribution is 1.81. The third kappa shape index (κ3) is 1.09. The fourth-order valence-electron chi connectivity index (χ4n) is 0.405. The van der Waals surface area contributed by atoms with Crippen LogP contribution < -0.4 is 0 Å². The molecule has 1 radical (unpaired) electrons. The molecule has 0 fully saturated rings. The summed E-state index contributed by atoms with van der Waals surface area (Å²) in [6.45, 7) is 0. The van der Waals surface area contributed by atoms with E-state index in [1.165, 1.54) is 4.90 Å². The first-order valence-electron chi connectivity index (χ1n) is 2.59. The van der Waals surface area contributed by atoms with Gasteiger partial charge in [0.05, 0.1) is 0 Å². The van der Waals surface area contributed by atoms with Crippen molar-refractivity contribution >= 4 is 6.03 Å². The van der Waals surface area contributed by atoms with Gasteiger partial charge in [-0.3, -0.25) is 0 Å². The van der Waals surface area contributed by atoms with Crippen molar-refractivity contribution in [2.24, 2.45) is 0 Å². The molecule has 0 aromatic carbocycles. The van der Waals surface area contributed by atoms with Crippen molar-refractivity contribution in [1.29, 1.82) is 0 Å². The molecule has 1 aromatic heterocycles. The van der Waals surface area contributed by atoms with Gasteiger partial charge in [0.2, 0.25) is 6.33 Å². The fourth-order valence-corrected chi connectivity index (χ4v) is 0.405. The lowest BCUT2D eigenvalue weighted by Crippen LogP contribution is -2.29. The van der Waals surface area contributed by atoms with Crippen LogP contribution in [0.4, 0.5) is 4.79 Å². The molecular formula is C4H6N5O. The molecule has 0 bridgehead atoms. The van der Waals surface area contributed by atoms with Crippen LogP contribution >= 0.6 is 0 Å². The predicted octanol–water partition coefficient (Wildman–Crippen LogP) is -0.997. The quantitative estimate of drug-likeness (QED) is 0.463. The standard InChI is InChI=1S/C4H6N5O/c1-8(2)4(10)9-6-3-5-7-9/h1-2H3. The second-order valence-electron chi connectivity index (χ2n) is 1.86. The van der Waals surface area contributed by atoms with Crippen molar-refractivity contribution < 1.29 is 4.79 Å². The van der Waals surface area contributed by atoms with E-state index < -0.39 is 0 Å². The minimum absolute atomic E-state index is 0.339. The molecule has 1 aromatic rings. The van der Waals surface area contributed by atoms with Crippen molar-refractivity contribution in [2.75, 3.05) is 14.1 Å². The summed E-state index contributed by atoms with van der Waals surface area (Å²) in [5.41, 5.74) is 0. The molecule has 0 aliphatic heterocycles. The van der Waals surface area contributed by atoms with Crippen LogP contribution in [0.2, 0.25) is 0 Å². The van der Waals surface area contributed by atoms with E-state index in [0.717, 1.165) is 4.80 Å². The molecule has 0 aliphatic rings. The van der Waals surface area contributed by atoms with Crippen LogP contribution in [0.1, 0.15) is 0 Å². The number of carbonyl (C=O) groups excluding carboxylic acids is 1. The van der Waals surface area contributed by atoms with E-state index in [0.29, 0.717) is 0 Å². The summed E-state index contributed by atoms with van der Waals surface area (Å²) in [6.07, 6.45) is 2.17. The fraction of sp³-hybridized carbons (Fsp3) is 0.500. The molecule has 0 atom stereocenters. The molecule has 1 rings (SSSR count). The molecule has 6 heteroatoms. The maximum atomic E-state index is 10.9. The van der Waals surface area contributed by atoms with Gasteiger partial charge in [-0.15, -0.1) is 10.2 Å². The van der Waals surface area contributed by atoms with E-state index in [4.69, 9.17) is 0 Å². The van der Waals surface area contributed by atoms with Crippen LogP contribution in [0.25, 0.3) is 0 Å². The van der Waals surface area contributed by atoms with Gasteiger partial charge in [-0.1, -0.05) is 4.80 Å². The van der Waals surface area contributed by atoms with Gasteiger partial charge in [0.25, 0.3) is 0 Å². The monoisotopic (exact) mass is 140 g/mol. The molecule has 0 spiro atoms. The zero-order valence-corrected chi connectivity index (χ0v) is 5.64. The molecular weight excluding hydrogens is 134 g/mol. The van der Waals surface area contributed by atoms with Crippen LogP contribution in [0.3, 0.4) is 0 Å². The number of tetrazole rings is 1. The molecule has 10 heavy (non-hydrogen) atoms. The Morgan fingerprint density at radius 3 is 2.70 bits per heavy atom. The largest absolute Gasteiger partial charge is 0.362 e. The average Bonchev–Trinajstić information content (AvgIpc) is 2.36. The average molecular weight is 140 g/mol. The molecule has 0 aliphatic carbocycles. The molecule has 1 heterocycles. The Kier molecular flexibility index (Phi) is 1.61. The number of rotatable bonds is 0. The molecule has 0 saturated heterocycles. The number of aromatic nitrogens is 4. The first-order valence-corrected chi connectivity index (χ1v) is 2.59. The van der Waals surface area contributed by atoms with E-state index in [9.17, 15) is 4.79 Å². The van der Waals surface area contributed by atoms with E-state index in [1.807, 2.05) is 0 Å². The Balaban J connectivity index is 2.78. The lowest BCUT2D eigenvalue weighted by molar-refractivity contribution is 0.211. The van der Waals surface area contributed by atoms with Crippen LogP contribution in [0.5, 0.6) is 0 Å². The van der Waals surface area contributed by atoms with Crippen LogP contribution in [-0.2, 0) is 0 Å². The molecule has 1 amide bonds. The normalized spacial score (nSPS) is 9.40. The lowest BCUT2D eigenvalue weighted by atomic mass is 10.8. The van der Waals surface area contributed by atoms with Crippen molar-refractivity contribution in [1.82, 2.24) is 25.1 Å². The van der Waals surface area contributed by atoms with Gasteiger partial charge in [-0.25, -0.2) is 4.79 Å². The lowest BCUT2D eigenvalue weighted by Gasteiger charge is -2.05. The molecule has 0 N–H and O–H groups in total. The Morgan fingerprint density at radius 1 is 1.60 bits per heavy atom. The van der Waals surface area contributed by atoms with Gasteiger partial charge < -0.3 is 4.90 Å². The number of hydrogen-bond donors (Lipinski definition) is 0. The highest BCUT2D eigenvalue weighted by atomic mass is 16.2. The summed E-state index contributed by atoms with van der Waals surface area (Å²) in [4.78, 5) is 13.1. The smallest absolute Gasteiger partial charge is 0.328 e. The molecule has 53 valence electrons. The van der Waals surface area contributed by atoms with Gasteiger partial charge in [0, 0.05) is 14.1 Å². The van der Waals surface area contributed by atoms with Gasteiger partial charge in [0.15, 0.2) is 0 Å². The van der Waals surface area contributed by atoms with E-state index in [1.54, 1.807) is 14.1 Å². The molecule has 6 nitrogen and oxygen atoms in total. The maximum absolute atomic E-state index is 10.9. The minimum Gasteiger partial charge on any atom is -0.328 e. The van der Waals surface area contributed by atoms with E-state index in [-0.39, 0.29) is 6.03 Å². The number of carbonyl (C=O) groups is 1. The van der Waals surface area contributed by atoms with Crippen molar-refractivity contribution in [2.45, 2.75) is 0 Å². The summed E-state index contributed by atoms with van der Waals surface area (Å²) in [5, 5.41) is 10.0. The summed E-state index contributed by atoms with van der Waals surface area (Å²) in [6, 6.07) is -0.339. The second kappa shape index (κ2) is 2.42.